The molecule has 0 aromatic heterocycles. The number of benzene rings is 1. The lowest BCUT2D eigenvalue weighted by Gasteiger charge is -2.10. The molecule has 1 aromatic carbocycles. The van der Waals surface area contributed by atoms with Crippen LogP contribution in [-0.2, 0) is 0 Å². The van der Waals surface area contributed by atoms with Crippen molar-refractivity contribution in [3.05, 3.63) is 35.4 Å². The second-order valence-electron chi connectivity index (χ2n) is 3.25. The van der Waals surface area contributed by atoms with Crippen molar-refractivity contribution < 1.29 is 0 Å². The summed E-state index contributed by atoms with van der Waals surface area (Å²) in [6, 6.07) is 11.1. The van der Waals surface area contributed by atoms with Crippen LogP contribution in [0.4, 0.5) is 0 Å². The molecular formula is C12H13N3. The molecule has 15 heavy (non-hydrogen) atoms. The average Bonchev–Trinajstić information content (AvgIpc) is 2.30. The normalized spacial score (nSPS) is 11.4. The molecule has 1 atom stereocenters. The van der Waals surface area contributed by atoms with Crippen molar-refractivity contribution in [1.29, 1.82) is 10.5 Å². The van der Waals surface area contributed by atoms with Crippen LogP contribution in [0.3, 0.4) is 0 Å². The lowest BCUT2D eigenvalue weighted by Crippen LogP contribution is -2.20. The van der Waals surface area contributed by atoms with Gasteiger partial charge in [-0.15, -0.1) is 0 Å². The highest BCUT2D eigenvalue weighted by Crippen LogP contribution is 2.13. The third-order valence-electron chi connectivity index (χ3n) is 2.08. The van der Waals surface area contributed by atoms with E-state index in [2.05, 4.69) is 17.5 Å². The van der Waals surface area contributed by atoms with Crippen molar-refractivity contribution in [3.8, 4) is 12.1 Å². The van der Waals surface area contributed by atoms with Crippen LogP contribution in [0.25, 0.3) is 0 Å². The van der Waals surface area contributed by atoms with Crippen molar-refractivity contribution in [1.82, 2.24) is 5.32 Å². The third kappa shape index (κ3) is 3.09. The van der Waals surface area contributed by atoms with E-state index in [-0.39, 0.29) is 6.04 Å². The quantitative estimate of drug-likeness (QED) is 0.808. The summed E-state index contributed by atoms with van der Waals surface area (Å²) in [5.41, 5.74) is 1.44. The minimum atomic E-state index is -0.321. The summed E-state index contributed by atoms with van der Waals surface area (Å²) in [6.07, 6.45) is 0.982. The van der Waals surface area contributed by atoms with Gasteiger partial charge in [0.1, 0.15) is 6.04 Å². The van der Waals surface area contributed by atoms with Gasteiger partial charge in [0.05, 0.1) is 17.7 Å². The maximum absolute atomic E-state index is 8.97. The summed E-state index contributed by atoms with van der Waals surface area (Å²) in [5.74, 6) is 0. The van der Waals surface area contributed by atoms with Crippen molar-refractivity contribution in [2.24, 2.45) is 0 Å². The van der Waals surface area contributed by atoms with Gasteiger partial charge in [-0.3, -0.25) is 5.32 Å². The zero-order valence-electron chi connectivity index (χ0n) is 8.70. The Morgan fingerprint density at radius 3 is 2.80 bits per heavy atom. The summed E-state index contributed by atoms with van der Waals surface area (Å²) in [7, 11) is 0. The highest BCUT2D eigenvalue weighted by Gasteiger charge is 2.08. The minimum absolute atomic E-state index is 0.321. The third-order valence-corrected chi connectivity index (χ3v) is 2.08. The molecule has 0 spiro atoms. The fourth-order valence-corrected chi connectivity index (χ4v) is 1.31. The van der Waals surface area contributed by atoms with Crippen LogP contribution in [0.2, 0.25) is 0 Å². The lowest BCUT2D eigenvalue weighted by atomic mass is 10.1. The Morgan fingerprint density at radius 1 is 1.40 bits per heavy atom. The molecule has 1 unspecified atom stereocenters. The van der Waals surface area contributed by atoms with Crippen molar-refractivity contribution in [2.75, 3.05) is 6.54 Å². The molecule has 0 heterocycles. The predicted molar refractivity (Wildman–Crippen MR) is 57.8 cm³/mol. The molecule has 0 saturated heterocycles. The van der Waals surface area contributed by atoms with Gasteiger partial charge in [-0.05, 0) is 30.7 Å². The SMILES string of the molecule is CCCNC(C#N)c1cccc(C#N)c1. The molecule has 0 aliphatic rings. The fourth-order valence-electron chi connectivity index (χ4n) is 1.31. The standard InChI is InChI=1S/C12H13N3/c1-2-6-15-12(9-14)11-5-3-4-10(7-11)8-13/h3-5,7,12,15H,2,6H2,1H3. The van der Waals surface area contributed by atoms with E-state index in [4.69, 9.17) is 10.5 Å². The smallest absolute Gasteiger partial charge is 0.121 e. The maximum atomic E-state index is 8.97. The summed E-state index contributed by atoms with van der Waals surface area (Å²) in [4.78, 5) is 0. The van der Waals surface area contributed by atoms with Crippen LogP contribution in [0.5, 0.6) is 0 Å². The van der Waals surface area contributed by atoms with Gasteiger partial charge in [-0.25, -0.2) is 0 Å². The number of nitrogens with zero attached hydrogens (tertiary/aromatic N) is 2. The number of nitriles is 2. The fraction of sp³-hybridized carbons (Fsp3) is 0.333. The Balaban J connectivity index is 2.84. The molecule has 1 aromatic rings. The van der Waals surface area contributed by atoms with E-state index < -0.39 is 0 Å². The molecule has 0 radical (unpaired) electrons. The molecule has 1 N–H and O–H groups in total. The molecular weight excluding hydrogens is 186 g/mol. The molecule has 1 rings (SSSR count). The Bertz CT molecular complexity index is 398. The Labute approximate surface area is 90.0 Å². The van der Waals surface area contributed by atoms with Crippen molar-refractivity contribution >= 4 is 0 Å². The number of rotatable bonds is 4. The van der Waals surface area contributed by atoms with Gasteiger partial charge >= 0.3 is 0 Å². The van der Waals surface area contributed by atoms with Crippen LogP contribution >= 0.6 is 0 Å². The van der Waals surface area contributed by atoms with E-state index in [9.17, 15) is 0 Å². The predicted octanol–water partition coefficient (Wildman–Crippen LogP) is 2.12. The van der Waals surface area contributed by atoms with Crippen molar-refractivity contribution in [3.63, 3.8) is 0 Å². The first kappa shape index (κ1) is 11.2. The van der Waals surface area contributed by atoms with Crippen LogP contribution < -0.4 is 5.32 Å². The summed E-state index contributed by atoms with van der Waals surface area (Å²) >= 11 is 0. The monoisotopic (exact) mass is 199 g/mol. The van der Waals surface area contributed by atoms with Crippen LogP contribution in [-0.4, -0.2) is 6.54 Å². The molecule has 3 nitrogen and oxygen atoms in total. The topological polar surface area (TPSA) is 59.6 Å². The van der Waals surface area contributed by atoms with E-state index in [1.165, 1.54) is 0 Å². The number of hydrogen-bond donors (Lipinski definition) is 1. The minimum Gasteiger partial charge on any atom is -0.298 e. The highest BCUT2D eigenvalue weighted by atomic mass is 14.9. The molecule has 3 heteroatoms. The summed E-state index contributed by atoms with van der Waals surface area (Å²) in [6.45, 7) is 2.85. The maximum Gasteiger partial charge on any atom is 0.121 e. The van der Waals surface area contributed by atoms with Gasteiger partial charge in [0.15, 0.2) is 0 Å². The van der Waals surface area contributed by atoms with Crippen LogP contribution in [0, 0.1) is 22.7 Å². The largest absolute Gasteiger partial charge is 0.298 e. The lowest BCUT2D eigenvalue weighted by molar-refractivity contribution is 0.621. The van der Waals surface area contributed by atoms with Crippen molar-refractivity contribution in [2.45, 2.75) is 19.4 Å². The van der Waals surface area contributed by atoms with Gasteiger partial charge < -0.3 is 0 Å². The van der Waals surface area contributed by atoms with E-state index in [0.29, 0.717) is 5.56 Å². The first-order valence-corrected chi connectivity index (χ1v) is 4.95. The van der Waals surface area contributed by atoms with Crippen LogP contribution in [0.1, 0.15) is 30.5 Å². The molecule has 76 valence electrons. The van der Waals surface area contributed by atoms with Gasteiger partial charge in [-0.2, -0.15) is 10.5 Å². The van der Waals surface area contributed by atoms with Gasteiger partial charge in [0, 0.05) is 0 Å². The highest BCUT2D eigenvalue weighted by molar-refractivity contribution is 5.35. The zero-order chi connectivity index (χ0) is 11.1. The van der Waals surface area contributed by atoms with E-state index >= 15 is 0 Å². The van der Waals surface area contributed by atoms with Gasteiger partial charge in [-0.1, -0.05) is 19.1 Å². The van der Waals surface area contributed by atoms with Gasteiger partial charge in [0.25, 0.3) is 0 Å². The molecule has 0 aliphatic carbocycles. The van der Waals surface area contributed by atoms with Crippen LogP contribution in [0.15, 0.2) is 24.3 Å². The first-order chi connectivity index (χ1) is 7.31. The molecule has 0 bridgehead atoms. The molecule has 0 fully saturated rings. The summed E-state index contributed by atoms with van der Waals surface area (Å²) in [5, 5.41) is 20.8. The van der Waals surface area contributed by atoms with E-state index in [0.717, 1.165) is 18.5 Å². The van der Waals surface area contributed by atoms with Gasteiger partial charge in [0.2, 0.25) is 0 Å². The second-order valence-corrected chi connectivity index (χ2v) is 3.25. The van der Waals surface area contributed by atoms with E-state index in [1.807, 2.05) is 13.0 Å². The Morgan fingerprint density at radius 2 is 2.20 bits per heavy atom. The first-order valence-electron chi connectivity index (χ1n) is 4.95. The Hall–Kier alpha value is -1.84. The number of hydrogen-bond acceptors (Lipinski definition) is 3. The molecule has 0 amide bonds. The van der Waals surface area contributed by atoms with E-state index in [1.54, 1.807) is 18.2 Å². The second kappa shape index (κ2) is 5.80. The zero-order valence-corrected chi connectivity index (χ0v) is 8.70. The average molecular weight is 199 g/mol. The number of nitrogens with one attached hydrogen (secondary N) is 1. The Kier molecular flexibility index (Phi) is 4.34. The molecule has 0 aliphatic heterocycles. The molecule has 0 saturated carbocycles. The summed E-state index contributed by atoms with van der Waals surface area (Å²) < 4.78 is 0.